The average molecular weight is 206 g/mol. The third-order valence-electron chi connectivity index (χ3n) is 2.20. The minimum Gasteiger partial charge on any atom is -0.496 e. The maximum atomic E-state index is 5.72. The van der Waals surface area contributed by atoms with E-state index >= 15 is 0 Å². The van der Waals surface area contributed by atoms with Gasteiger partial charge in [0.25, 0.3) is 0 Å². The molecule has 1 rings (SSSR count). The predicted molar refractivity (Wildman–Crippen MR) is 62.5 cm³/mol. The summed E-state index contributed by atoms with van der Waals surface area (Å²) in [6, 6.07) is 0. The van der Waals surface area contributed by atoms with Crippen LogP contribution in [-0.2, 0) is 9.47 Å². The van der Waals surface area contributed by atoms with Gasteiger partial charge in [0.1, 0.15) is 5.76 Å². The van der Waals surface area contributed by atoms with Crippen molar-refractivity contribution in [1.82, 2.24) is 0 Å². The van der Waals surface area contributed by atoms with E-state index < -0.39 is 0 Å². The van der Waals surface area contributed by atoms with Gasteiger partial charge in [0.15, 0.2) is 0 Å². The van der Waals surface area contributed by atoms with Crippen LogP contribution in [0.3, 0.4) is 0 Å². The molecule has 15 heavy (non-hydrogen) atoms. The third kappa shape index (κ3) is 3.40. The summed E-state index contributed by atoms with van der Waals surface area (Å²) in [5, 5.41) is 0. The van der Waals surface area contributed by atoms with E-state index in [1.54, 1.807) is 13.2 Å². The Labute approximate surface area is 91.6 Å². The SMILES string of the molecule is C=C/C=C(\OC)C1=CC=CC(C)(C)OC1. The van der Waals surface area contributed by atoms with Crippen LogP contribution >= 0.6 is 0 Å². The van der Waals surface area contributed by atoms with Gasteiger partial charge in [-0.25, -0.2) is 0 Å². The summed E-state index contributed by atoms with van der Waals surface area (Å²) in [5.41, 5.74) is 0.810. The Morgan fingerprint density at radius 3 is 2.93 bits per heavy atom. The van der Waals surface area contributed by atoms with Crippen LogP contribution in [-0.4, -0.2) is 19.3 Å². The molecule has 0 aromatic rings. The first-order valence-electron chi connectivity index (χ1n) is 4.98. The maximum absolute atomic E-state index is 5.72. The van der Waals surface area contributed by atoms with E-state index in [4.69, 9.17) is 9.47 Å². The summed E-state index contributed by atoms with van der Waals surface area (Å²) in [6.45, 7) is 8.27. The van der Waals surface area contributed by atoms with Gasteiger partial charge in [0.2, 0.25) is 0 Å². The van der Waals surface area contributed by atoms with Gasteiger partial charge < -0.3 is 9.47 Å². The molecule has 1 aliphatic rings. The zero-order chi connectivity index (χ0) is 11.3. The van der Waals surface area contributed by atoms with Crippen LogP contribution in [0.5, 0.6) is 0 Å². The lowest BCUT2D eigenvalue weighted by Gasteiger charge is -2.20. The minimum absolute atomic E-state index is 0.217. The highest BCUT2D eigenvalue weighted by molar-refractivity contribution is 5.33. The van der Waals surface area contributed by atoms with Crippen LogP contribution < -0.4 is 0 Å². The van der Waals surface area contributed by atoms with Gasteiger partial charge in [-0.2, -0.15) is 0 Å². The van der Waals surface area contributed by atoms with Crippen LogP contribution in [0.2, 0.25) is 0 Å². The number of ether oxygens (including phenoxy) is 2. The molecule has 0 aliphatic carbocycles. The maximum Gasteiger partial charge on any atom is 0.124 e. The molecule has 0 saturated heterocycles. The van der Waals surface area contributed by atoms with Crippen molar-refractivity contribution in [1.29, 1.82) is 0 Å². The Morgan fingerprint density at radius 1 is 1.60 bits per heavy atom. The van der Waals surface area contributed by atoms with Gasteiger partial charge in [-0.1, -0.05) is 30.9 Å². The molecule has 0 radical (unpaired) electrons. The van der Waals surface area contributed by atoms with Crippen molar-refractivity contribution in [3.63, 3.8) is 0 Å². The molecule has 0 aromatic carbocycles. The predicted octanol–water partition coefficient (Wildman–Crippen LogP) is 2.99. The monoisotopic (exact) mass is 206 g/mol. The largest absolute Gasteiger partial charge is 0.496 e. The molecule has 1 heterocycles. The number of hydrogen-bond donors (Lipinski definition) is 0. The van der Waals surface area contributed by atoms with E-state index in [2.05, 4.69) is 6.58 Å². The van der Waals surface area contributed by atoms with Crippen LogP contribution in [0, 0.1) is 0 Å². The van der Waals surface area contributed by atoms with Crippen LogP contribution in [0.15, 0.2) is 48.3 Å². The molecule has 82 valence electrons. The van der Waals surface area contributed by atoms with E-state index in [0.717, 1.165) is 11.3 Å². The summed E-state index contributed by atoms with van der Waals surface area (Å²) < 4.78 is 11.0. The van der Waals surface area contributed by atoms with E-state index in [1.165, 1.54) is 0 Å². The molecule has 0 amide bonds. The van der Waals surface area contributed by atoms with Crippen LogP contribution in [0.4, 0.5) is 0 Å². The first-order chi connectivity index (χ1) is 7.09. The Bertz CT molecular complexity index is 319. The van der Waals surface area contributed by atoms with Gasteiger partial charge in [0.05, 0.1) is 19.3 Å². The minimum atomic E-state index is -0.217. The quantitative estimate of drug-likeness (QED) is 0.522. The highest BCUT2D eigenvalue weighted by atomic mass is 16.5. The topological polar surface area (TPSA) is 18.5 Å². The van der Waals surface area contributed by atoms with E-state index in [1.807, 2.05) is 38.2 Å². The second kappa shape index (κ2) is 4.99. The smallest absolute Gasteiger partial charge is 0.124 e. The highest BCUT2D eigenvalue weighted by Crippen LogP contribution is 2.20. The zero-order valence-electron chi connectivity index (χ0n) is 9.62. The molecular weight excluding hydrogens is 188 g/mol. The molecule has 0 unspecified atom stereocenters. The van der Waals surface area contributed by atoms with Crippen molar-refractivity contribution in [3.05, 3.63) is 48.3 Å². The van der Waals surface area contributed by atoms with Gasteiger partial charge in [-0.05, 0) is 19.9 Å². The Hall–Kier alpha value is -1.28. The standard InChI is InChI=1S/C13H18O2/c1-5-7-12(14-4)11-8-6-9-13(2,3)15-10-11/h5-9H,1,10H2,2-4H3/b12-7-. The van der Waals surface area contributed by atoms with E-state index in [9.17, 15) is 0 Å². The third-order valence-corrected chi connectivity index (χ3v) is 2.20. The Morgan fingerprint density at radius 2 is 2.33 bits per heavy atom. The van der Waals surface area contributed by atoms with E-state index in [0.29, 0.717) is 6.61 Å². The Kier molecular flexibility index (Phi) is 3.92. The van der Waals surface area contributed by atoms with Crippen LogP contribution in [0.25, 0.3) is 0 Å². The molecule has 0 spiro atoms. The second-order valence-electron chi connectivity index (χ2n) is 3.91. The van der Waals surface area contributed by atoms with Gasteiger partial charge in [0, 0.05) is 5.57 Å². The first-order valence-corrected chi connectivity index (χ1v) is 4.98. The number of methoxy groups -OCH3 is 1. The lowest BCUT2D eigenvalue weighted by Crippen LogP contribution is -2.21. The molecule has 0 atom stereocenters. The van der Waals surface area contributed by atoms with Crippen molar-refractivity contribution in [2.75, 3.05) is 13.7 Å². The number of hydrogen-bond acceptors (Lipinski definition) is 2. The molecular formula is C13H18O2. The van der Waals surface area contributed by atoms with Crippen molar-refractivity contribution < 1.29 is 9.47 Å². The fraction of sp³-hybridized carbons (Fsp3) is 0.385. The summed E-state index contributed by atoms with van der Waals surface area (Å²) in [5.74, 6) is 0.798. The molecule has 0 saturated carbocycles. The van der Waals surface area contributed by atoms with Gasteiger partial charge >= 0.3 is 0 Å². The summed E-state index contributed by atoms with van der Waals surface area (Å²) in [7, 11) is 1.65. The van der Waals surface area contributed by atoms with Crippen molar-refractivity contribution in [2.45, 2.75) is 19.4 Å². The van der Waals surface area contributed by atoms with Crippen LogP contribution in [0.1, 0.15) is 13.8 Å². The fourth-order valence-corrected chi connectivity index (χ4v) is 1.32. The normalized spacial score (nSPS) is 20.5. The van der Waals surface area contributed by atoms with Gasteiger partial charge in [-0.15, -0.1) is 0 Å². The van der Waals surface area contributed by atoms with Crippen molar-refractivity contribution >= 4 is 0 Å². The number of allylic oxidation sites excluding steroid dienone is 4. The lowest BCUT2D eigenvalue weighted by atomic mass is 10.1. The van der Waals surface area contributed by atoms with Gasteiger partial charge in [-0.3, -0.25) is 0 Å². The summed E-state index contributed by atoms with van der Waals surface area (Å²) in [4.78, 5) is 0. The molecule has 0 N–H and O–H groups in total. The molecule has 2 heteroatoms. The Balaban J connectivity index is 2.83. The molecule has 0 aromatic heterocycles. The van der Waals surface area contributed by atoms with Crippen molar-refractivity contribution in [2.24, 2.45) is 0 Å². The summed E-state index contributed by atoms with van der Waals surface area (Å²) >= 11 is 0. The lowest BCUT2D eigenvalue weighted by molar-refractivity contribution is 0.0347. The first kappa shape index (κ1) is 11.8. The molecule has 2 nitrogen and oxygen atoms in total. The van der Waals surface area contributed by atoms with Crippen molar-refractivity contribution in [3.8, 4) is 0 Å². The zero-order valence-corrected chi connectivity index (χ0v) is 9.62. The molecule has 0 bridgehead atoms. The second-order valence-corrected chi connectivity index (χ2v) is 3.91. The fourth-order valence-electron chi connectivity index (χ4n) is 1.32. The highest BCUT2D eigenvalue weighted by Gasteiger charge is 2.18. The van der Waals surface area contributed by atoms with E-state index in [-0.39, 0.29) is 5.60 Å². The average Bonchev–Trinajstić information content (AvgIpc) is 2.36. The molecule has 1 aliphatic heterocycles. The molecule has 0 fully saturated rings. The number of rotatable bonds is 3. The summed E-state index contributed by atoms with van der Waals surface area (Å²) in [6.07, 6.45) is 9.58.